The van der Waals surface area contributed by atoms with Gasteiger partial charge in [0.15, 0.2) is 11.5 Å². The first-order valence-corrected chi connectivity index (χ1v) is 10.2. The number of carbonyl (C=O) groups is 1. The molecule has 2 aromatic heterocycles. The molecule has 27 heavy (non-hydrogen) atoms. The highest BCUT2D eigenvalue weighted by Crippen LogP contribution is 2.29. The largest absolute Gasteiger partial charge is 0.308 e. The molecule has 0 radical (unpaired) electrons. The smallest absolute Gasteiger partial charge is 0.228 e. The average molecular weight is 364 g/mol. The first-order valence-electron chi connectivity index (χ1n) is 10.2. The van der Waals surface area contributed by atoms with E-state index in [9.17, 15) is 4.79 Å². The van der Waals surface area contributed by atoms with Gasteiger partial charge >= 0.3 is 0 Å². The van der Waals surface area contributed by atoms with E-state index in [0.717, 1.165) is 67.0 Å². The van der Waals surface area contributed by atoms with Crippen molar-refractivity contribution in [3.63, 3.8) is 0 Å². The SMILES string of the molecule is CCCCn1nc(NC(=O)C2CCCCC2)c2cc3cc(C)ccc3nc21. The van der Waals surface area contributed by atoms with Gasteiger partial charge in [0.25, 0.3) is 0 Å². The van der Waals surface area contributed by atoms with Crippen LogP contribution >= 0.6 is 0 Å². The lowest BCUT2D eigenvalue weighted by molar-refractivity contribution is -0.120. The van der Waals surface area contributed by atoms with Gasteiger partial charge in [-0.2, -0.15) is 5.10 Å². The maximum absolute atomic E-state index is 12.8. The van der Waals surface area contributed by atoms with Crippen LogP contribution in [0.5, 0.6) is 0 Å². The predicted molar refractivity (Wildman–Crippen MR) is 110 cm³/mol. The number of rotatable bonds is 5. The van der Waals surface area contributed by atoms with Gasteiger partial charge in [-0.15, -0.1) is 0 Å². The standard InChI is InChI=1S/C22H28N4O/c1-3-4-12-26-21-18(14-17-13-15(2)10-11-19(17)23-21)20(25-26)24-22(27)16-8-6-5-7-9-16/h10-11,13-14,16H,3-9,12H2,1-2H3,(H,24,25,27). The minimum Gasteiger partial charge on any atom is -0.308 e. The van der Waals surface area contributed by atoms with Crippen LogP contribution in [0.25, 0.3) is 21.9 Å². The van der Waals surface area contributed by atoms with Crippen molar-refractivity contribution in [2.75, 3.05) is 5.32 Å². The topological polar surface area (TPSA) is 59.8 Å². The van der Waals surface area contributed by atoms with E-state index in [-0.39, 0.29) is 11.8 Å². The van der Waals surface area contributed by atoms with E-state index in [1.807, 2.05) is 4.68 Å². The molecule has 1 aliphatic carbocycles. The summed E-state index contributed by atoms with van der Waals surface area (Å²) in [5, 5.41) is 9.88. The molecule has 0 saturated heterocycles. The summed E-state index contributed by atoms with van der Waals surface area (Å²) >= 11 is 0. The van der Waals surface area contributed by atoms with Crippen molar-refractivity contribution < 1.29 is 4.79 Å². The third-order valence-corrected chi connectivity index (χ3v) is 5.61. The molecule has 1 amide bonds. The van der Waals surface area contributed by atoms with Gasteiger partial charge in [0.05, 0.1) is 10.9 Å². The van der Waals surface area contributed by atoms with E-state index in [1.54, 1.807) is 0 Å². The molecule has 2 heterocycles. The number of fused-ring (bicyclic) bond motifs is 2. The molecular weight excluding hydrogens is 336 g/mol. The molecule has 0 aliphatic heterocycles. The Kier molecular flexibility index (Phi) is 5.10. The number of carbonyl (C=O) groups excluding carboxylic acids is 1. The Morgan fingerprint density at radius 1 is 1.22 bits per heavy atom. The summed E-state index contributed by atoms with van der Waals surface area (Å²) in [5.74, 6) is 0.888. The minimum absolute atomic E-state index is 0.112. The molecule has 142 valence electrons. The normalized spacial score (nSPS) is 15.5. The van der Waals surface area contributed by atoms with Crippen LogP contribution in [0.1, 0.15) is 57.4 Å². The second-order valence-corrected chi connectivity index (χ2v) is 7.81. The zero-order valence-corrected chi connectivity index (χ0v) is 16.3. The van der Waals surface area contributed by atoms with Crippen molar-refractivity contribution in [3.8, 4) is 0 Å². The second kappa shape index (κ2) is 7.67. The number of anilines is 1. The zero-order chi connectivity index (χ0) is 18.8. The van der Waals surface area contributed by atoms with E-state index in [1.165, 1.54) is 12.0 Å². The number of nitrogens with zero attached hydrogens (tertiary/aromatic N) is 3. The summed E-state index contributed by atoms with van der Waals surface area (Å²) in [6.45, 7) is 5.07. The Labute approximate surface area is 160 Å². The number of aromatic nitrogens is 3. The fourth-order valence-electron chi connectivity index (χ4n) is 4.02. The number of aryl methyl sites for hydroxylation is 2. The maximum atomic E-state index is 12.8. The van der Waals surface area contributed by atoms with Crippen molar-refractivity contribution in [1.82, 2.24) is 14.8 Å². The molecule has 1 aromatic carbocycles. The number of benzene rings is 1. The molecule has 4 rings (SSSR count). The third-order valence-electron chi connectivity index (χ3n) is 5.61. The van der Waals surface area contributed by atoms with Gasteiger partial charge in [-0.1, -0.05) is 44.2 Å². The Bertz CT molecular complexity index is 969. The number of nitrogens with one attached hydrogen (secondary N) is 1. The van der Waals surface area contributed by atoms with E-state index < -0.39 is 0 Å². The van der Waals surface area contributed by atoms with Crippen molar-refractivity contribution in [1.29, 1.82) is 0 Å². The number of pyridine rings is 1. The predicted octanol–water partition coefficient (Wildman–Crippen LogP) is 5.21. The Morgan fingerprint density at radius 3 is 2.81 bits per heavy atom. The second-order valence-electron chi connectivity index (χ2n) is 7.81. The Morgan fingerprint density at radius 2 is 2.04 bits per heavy atom. The van der Waals surface area contributed by atoms with Gasteiger partial charge in [0.1, 0.15) is 0 Å². The summed E-state index contributed by atoms with van der Waals surface area (Å²) in [6.07, 6.45) is 7.65. The molecular formula is C22H28N4O. The van der Waals surface area contributed by atoms with Crippen LogP contribution in [0.2, 0.25) is 0 Å². The fourth-order valence-corrected chi connectivity index (χ4v) is 4.02. The van der Waals surface area contributed by atoms with Crippen molar-refractivity contribution in [3.05, 3.63) is 29.8 Å². The lowest BCUT2D eigenvalue weighted by Gasteiger charge is -2.20. The lowest BCUT2D eigenvalue weighted by Crippen LogP contribution is -2.25. The van der Waals surface area contributed by atoms with Crippen LogP contribution in [0.4, 0.5) is 5.82 Å². The molecule has 1 fully saturated rings. The summed E-state index contributed by atoms with van der Waals surface area (Å²) in [6, 6.07) is 8.40. The van der Waals surface area contributed by atoms with Gasteiger partial charge in [-0.05, 0) is 44.4 Å². The third kappa shape index (κ3) is 3.68. The number of amides is 1. The van der Waals surface area contributed by atoms with Crippen LogP contribution in [-0.4, -0.2) is 20.7 Å². The molecule has 0 bridgehead atoms. The van der Waals surface area contributed by atoms with Crippen LogP contribution < -0.4 is 5.32 Å². The summed E-state index contributed by atoms with van der Waals surface area (Å²) < 4.78 is 1.95. The monoisotopic (exact) mass is 364 g/mol. The van der Waals surface area contributed by atoms with E-state index >= 15 is 0 Å². The molecule has 0 atom stereocenters. The molecule has 0 unspecified atom stereocenters. The van der Waals surface area contributed by atoms with Crippen LogP contribution in [0, 0.1) is 12.8 Å². The average Bonchev–Trinajstić information content (AvgIpc) is 3.01. The molecule has 1 N–H and O–H groups in total. The molecule has 1 aliphatic rings. The highest BCUT2D eigenvalue weighted by molar-refractivity contribution is 6.03. The summed E-state index contributed by atoms with van der Waals surface area (Å²) in [7, 11) is 0. The van der Waals surface area contributed by atoms with E-state index in [2.05, 4.69) is 43.4 Å². The number of hydrogen-bond acceptors (Lipinski definition) is 3. The quantitative estimate of drug-likeness (QED) is 0.676. The Hall–Kier alpha value is -2.43. The first kappa shape index (κ1) is 18.0. The van der Waals surface area contributed by atoms with E-state index in [0.29, 0.717) is 5.82 Å². The molecule has 1 saturated carbocycles. The molecule has 5 heteroatoms. The van der Waals surface area contributed by atoms with Gasteiger partial charge in [-0.25, -0.2) is 9.67 Å². The van der Waals surface area contributed by atoms with Gasteiger partial charge < -0.3 is 5.32 Å². The van der Waals surface area contributed by atoms with E-state index in [4.69, 9.17) is 10.1 Å². The minimum atomic E-state index is 0.112. The summed E-state index contributed by atoms with van der Waals surface area (Å²) in [5.41, 5.74) is 3.03. The highest BCUT2D eigenvalue weighted by atomic mass is 16.2. The van der Waals surface area contributed by atoms with Crippen molar-refractivity contribution >= 4 is 33.7 Å². The van der Waals surface area contributed by atoms with Crippen molar-refractivity contribution in [2.45, 2.75) is 65.3 Å². The van der Waals surface area contributed by atoms with Crippen molar-refractivity contribution in [2.24, 2.45) is 5.92 Å². The van der Waals surface area contributed by atoms with Crippen LogP contribution in [-0.2, 0) is 11.3 Å². The maximum Gasteiger partial charge on any atom is 0.228 e. The van der Waals surface area contributed by atoms with Gasteiger partial charge in [-0.3, -0.25) is 4.79 Å². The summed E-state index contributed by atoms with van der Waals surface area (Å²) in [4.78, 5) is 17.6. The van der Waals surface area contributed by atoms with Crippen LogP contribution in [0.3, 0.4) is 0 Å². The fraction of sp³-hybridized carbons (Fsp3) is 0.500. The van der Waals surface area contributed by atoms with Gasteiger partial charge in [0.2, 0.25) is 5.91 Å². The molecule has 0 spiro atoms. The number of hydrogen-bond donors (Lipinski definition) is 1. The van der Waals surface area contributed by atoms with Gasteiger partial charge in [0, 0.05) is 17.8 Å². The first-order chi connectivity index (χ1) is 13.2. The lowest BCUT2D eigenvalue weighted by atomic mass is 9.89. The highest BCUT2D eigenvalue weighted by Gasteiger charge is 2.23. The Balaban J connectivity index is 1.74. The molecule has 5 nitrogen and oxygen atoms in total. The van der Waals surface area contributed by atoms with Crippen LogP contribution in [0.15, 0.2) is 24.3 Å². The zero-order valence-electron chi connectivity index (χ0n) is 16.3. The molecule has 3 aromatic rings. The number of unbranched alkanes of at least 4 members (excludes halogenated alkanes) is 1.